The summed E-state index contributed by atoms with van der Waals surface area (Å²) in [6.07, 6.45) is 2.44. The second kappa shape index (κ2) is 27.2. The number of aliphatic carboxylic acids is 1. The fraction of sp³-hybridized carbons (Fsp3) is 0.492. The van der Waals surface area contributed by atoms with E-state index in [0.717, 1.165) is 33.4 Å². The Morgan fingerprint density at radius 1 is 0.545 bits per heavy atom. The van der Waals surface area contributed by atoms with Gasteiger partial charge in [0.25, 0.3) is 0 Å². The number of carboxylic acid groups (broad SMARTS) is 1. The van der Waals surface area contributed by atoms with E-state index >= 15 is 0 Å². The van der Waals surface area contributed by atoms with Crippen molar-refractivity contribution >= 4 is 35.7 Å². The van der Waals surface area contributed by atoms with Crippen LogP contribution in [0.2, 0.25) is 0 Å². The molecule has 2 unspecified atom stereocenters. The lowest BCUT2D eigenvalue weighted by Crippen LogP contribution is -2.57. The number of amides is 2. The summed E-state index contributed by atoms with van der Waals surface area (Å²) >= 11 is 0. The van der Waals surface area contributed by atoms with Crippen molar-refractivity contribution in [3.05, 3.63) is 118 Å². The fourth-order valence-electron chi connectivity index (χ4n) is 9.29. The molecule has 0 aromatic heterocycles. The SMILES string of the molecule is COC(=O)C(CCc1ccccc1)N[C@@H](C)C(=O)N1Cc2cc(OC)c(OC)cc2C[C@H]1C(=O)OC(C)(C)C.COc1cc2c(cc1OC)CN(C(=O)[C@H](C)NC(CCc1ccccc1)C(=O)O)[C@H](C(=O)OC(C)(C)C)C2. The maximum atomic E-state index is 13.8. The Morgan fingerprint density at radius 2 is 0.883 bits per heavy atom. The fourth-order valence-corrected chi connectivity index (χ4v) is 9.29. The van der Waals surface area contributed by atoms with Gasteiger partial charge in [-0.15, -0.1) is 0 Å². The lowest BCUT2D eigenvalue weighted by Gasteiger charge is -2.38. The number of nitrogens with one attached hydrogen (secondary N) is 2. The van der Waals surface area contributed by atoms with Crippen molar-refractivity contribution < 1.29 is 67.0 Å². The molecule has 0 radical (unpaired) electrons. The van der Waals surface area contributed by atoms with Gasteiger partial charge in [0, 0.05) is 25.9 Å². The molecule has 18 nitrogen and oxygen atoms in total. The third-order valence-corrected chi connectivity index (χ3v) is 13.2. The molecule has 0 fully saturated rings. The van der Waals surface area contributed by atoms with Gasteiger partial charge in [0.2, 0.25) is 11.8 Å². The van der Waals surface area contributed by atoms with Gasteiger partial charge in [-0.1, -0.05) is 60.7 Å². The van der Waals surface area contributed by atoms with E-state index in [9.17, 15) is 33.9 Å². The summed E-state index contributed by atoms with van der Waals surface area (Å²) < 4.78 is 38.1. The number of aryl methyl sites for hydroxylation is 2. The Bertz CT molecular complexity index is 2670. The van der Waals surface area contributed by atoms with E-state index in [1.54, 1.807) is 75.7 Å². The molecule has 4 aromatic carbocycles. The molecule has 2 aliphatic heterocycles. The number of fused-ring (bicyclic) bond motifs is 2. The maximum Gasteiger partial charge on any atom is 0.329 e. The predicted octanol–water partition coefficient (Wildman–Crippen LogP) is 6.81. The molecule has 6 atom stereocenters. The minimum Gasteiger partial charge on any atom is -0.493 e. The Morgan fingerprint density at radius 3 is 1.21 bits per heavy atom. The average molecular weight is 1070 g/mol. The number of benzene rings is 4. The molecule has 0 saturated carbocycles. The quantitative estimate of drug-likeness (QED) is 0.0612. The summed E-state index contributed by atoms with van der Waals surface area (Å²) in [7, 11) is 7.50. The van der Waals surface area contributed by atoms with E-state index in [1.807, 2.05) is 78.9 Å². The van der Waals surface area contributed by atoms with Crippen molar-refractivity contribution in [1.29, 1.82) is 0 Å². The Hall–Kier alpha value is -7.18. The first-order chi connectivity index (χ1) is 36.4. The summed E-state index contributed by atoms with van der Waals surface area (Å²) in [6.45, 7) is 14.3. The summed E-state index contributed by atoms with van der Waals surface area (Å²) in [5.74, 6) is -1.05. The predicted molar refractivity (Wildman–Crippen MR) is 289 cm³/mol. The number of esters is 3. The maximum absolute atomic E-state index is 13.8. The summed E-state index contributed by atoms with van der Waals surface area (Å²) in [4.78, 5) is 81.7. The van der Waals surface area contributed by atoms with Crippen LogP contribution in [0.25, 0.3) is 0 Å². The lowest BCUT2D eigenvalue weighted by molar-refractivity contribution is -0.166. The highest BCUT2D eigenvalue weighted by atomic mass is 16.6. The van der Waals surface area contributed by atoms with E-state index in [2.05, 4.69) is 10.6 Å². The molecule has 0 spiro atoms. The number of methoxy groups -OCH3 is 5. The van der Waals surface area contributed by atoms with Crippen LogP contribution in [0.1, 0.15) is 102 Å². The molecule has 6 rings (SSSR count). The third kappa shape index (κ3) is 16.9. The van der Waals surface area contributed by atoms with Gasteiger partial charge in [-0.25, -0.2) is 9.59 Å². The van der Waals surface area contributed by atoms with Gasteiger partial charge in [-0.3, -0.25) is 29.8 Å². The van der Waals surface area contributed by atoms with Crippen molar-refractivity contribution in [1.82, 2.24) is 20.4 Å². The van der Waals surface area contributed by atoms with Crippen LogP contribution in [0.4, 0.5) is 0 Å². The topological polar surface area (TPSA) is 218 Å². The van der Waals surface area contributed by atoms with Crippen LogP contribution in [0.5, 0.6) is 23.0 Å². The molecule has 418 valence electrons. The molecule has 77 heavy (non-hydrogen) atoms. The van der Waals surface area contributed by atoms with Crippen LogP contribution >= 0.6 is 0 Å². The van der Waals surface area contributed by atoms with Crippen molar-refractivity contribution in [2.24, 2.45) is 0 Å². The van der Waals surface area contributed by atoms with Crippen LogP contribution < -0.4 is 29.6 Å². The highest BCUT2D eigenvalue weighted by molar-refractivity contribution is 5.90. The molecular formula is C59H78N4O14. The molecule has 2 amide bonds. The molecule has 18 heteroatoms. The number of hydrogen-bond acceptors (Lipinski definition) is 15. The molecule has 4 aromatic rings. The van der Waals surface area contributed by atoms with Gasteiger partial charge in [0.1, 0.15) is 35.4 Å². The van der Waals surface area contributed by atoms with Crippen molar-refractivity contribution in [2.45, 2.75) is 154 Å². The van der Waals surface area contributed by atoms with Gasteiger partial charge in [0.15, 0.2) is 23.0 Å². The number of carboxylic acids is 1. The lowest BCUT2D eigenvalue weighted by atomic mass is 9.92. The highest BCUT2D eigenvalue weighted by Crippen LogP contribution is 2.37. The zero-order valence-electron chi connectivity index (χ0n) is 46.9. The van der Waals surface area contributed by atoms with Gasteiger partial charge in [-0.2, -0.15) is 0 Å². The minimum atomic E-state index is -1.04. The molecular weight excluding hydrogens is 989 g/mol. The number of nitrogens with zero attached hydrogens (tertiary/aromatic N) is 2. The van der Waals surface area contributed by atoms with Gasteiger partial charge >= 0.3 is 23.9 Å². The van der Waals surface area contributed by atoms with Gasteiger partial charge < -0.3 is 48.1 Å². The first-order valence-corrected chi connectivity index (χ1v) is 25.8. The Labute approximate surface area is 453 Å². The van der Waals surface area contributed by atoms with Gasteiger partial charge in [-0.05, 0) is 139 Å². The van der Waals surface area contributed by atoms with E-state index in [-0.39, 0.29) is 37.7 Å². The summed E-state index contributed by atoms with van der Waals surface area (Å²) in [6, 6.07) is 21.7. The molecule has 0 saturated heterocycles. The first kappa shape index (κ1) is 60.7. The van der Waals surface area contributed by atoms with E-state index in [4.69, 9.17) is 33.2 Å². The Kier molecular flexibility index (Phi) is 21.5. The Balaban J connectivity index is 0.000000284. The number of rotatable bonds is 20. The van der Waals surface area contributed by atoms with Crippen LogP contribution in [0.15, 0.2) is 84.9 Å². The molecule has 2 aliphatic rings. The standard InChI is InChI=1S/C30H40N2O7.C29H38N2O7/c1-19(31-23(28(34)38-7)14-13-20-11-9-8-10-12-20)27(33)32-18-22-17-26(37-6)25(36-5)16-21(22)15-24(32)29(35)39-30(2,3)4;1-18(30-22(27(33)34)13-12-19-10-8-7-9-11-19)26(32)31-17-21-16-25(37-6)24(36-5)15-20(21)14-23(31)28(35)38-29(2,3)4/h8-12,16-17,19,23-24,31H,13-15,18H2,1-7H3;7-11,15-16,18,22-23,30H,12-14,17H2,1-6H3,(H,33,34)/t19-,23?,24-;18-,22?,23-/m00/s1. The molecule has 3 N–H and O–H groups in total. The largest absolute Gasteiger partial charge is 0.493 e. The number of hydrogen-bond donors (Lipinski definition) is 3. The minimum absolute atomic E-state index is 0.145. The normalized spacial score (nSPS) is 16.6. The van der Waals surface area contributed by atoms with Crippen LogP contribution in [-0.4, -0.2) is 134 Å². The molecule has 0 aliphatic carbocycles. The second-order valence-corrected chi connectivity index (χ2v) is 21.2. The van der Waals surface area contributed by atoms with Crippen molar-refractivity contribution in [3.8, 4) is 23.0 Å². The number of ether oxygens (including phenoxy) is 7. The van der Waals surface area contributed by atoms with Crippen molar-refractivity contribution in [3.63, 3.8) is 0 Å². The average Bonchev–Trinajstić information content (AvgIpc) is 3.42. The molecule has 0 bridgehead atoms. The smallest absolute Gasteiger partial charge is 0.329 e. The number of carbonyl (C=O) groups is 6. The first-order valence-electron chi connectivity index (χ1n) is 25.8. The van der Waals surface area contributed by atoms with E-state index < -0.39 is 71.3 Å². The van der Waals surface area contributed by atoms with Crippen LogP contribution in [0, 0.1) is 0 Å². The summed E-state index contributed by atoms with van der Waals surface area (Å²) in [5.41, 5.74) is 4.04. The third-order valence-electron chi connectivity index (χ3n) is 13.2. The zero-order chi connectivity index (χ0) is 56.8. The van der Waals surface area contributed by atoms with Crippen LogP contribution in [0.3, 0.4) is 0 Å². The number of carbonyl (C=O) groups excluding carboxylic acids is 5. The van der Waals surface area contributed by atoms with Crippen molar-refractivity contribution in [2.75, 3.05) is 35.5 Å². The highest BCUT2D eigenvalue weighted by Gasteiger charge is 2.42. The zero-order valence-corrected chi connectivity index (χ0v) is 46.9. The van der Waals surface area contributed by atoms with E-state index in [1.165, 1.54) is 31.1 Å². The van der Waals surface area contributed by atoms with E-state index in [0.29, 0.717) is 48.7 Å². The van der Waals surface area contributed by atoms with Crippen LogP contribution in [-0.2, 0) is 81.8 Å². The molecule has 2 heterocycles. The second-order valence-electron chi connectivity index (χ2n) is 21.2. The summed E-state index contributed by atoms with van der Waals surface area (Å²) in [5, 5.41) is 15.9. The van der Waals surface area contributed by atoms with Gasteiger partial charge in [0.05, 0.1) is 47.6 Å². The monoisotopic (exact) mass is 1070 g/mol.